The second-order valence-electron chi connectivity index (χ2n) is 3.85. The van der Waals surface area contributed by atoms with Crippen LogP contribution in [0.4, 0.5) is 0 Å². The minimum atomic E-state index is -3.00. The third kappa shape index (κ3) is 3.81. The van der Waals surface area contributed by atoms with Crippen molar-refractivity contribution in [3.05, 3.63) is 17.5 Å². The van der Waals surface area contributed by atoms with Gasteiger partial charge in [-0.15, -0.1) is 0 Å². The number of nitrogens with one attached hydrogen (secondary N) is 1. The van der Waals surface area contributed by atoms with E-state index in [9.17, 15) is 13.2 Å². The zero-order valence-corrected chi connectivity index (χ0v) is 11.2. The maximum atomic E-state index is 11.3. The van der Waals surface area contributed by atoms with E-state index in [0.29, 0.717) is 12.2 Å². The molecule has 0 saturated heterocycles. The Labute approximate surface area is 106 Å². The number of aromatic nitrogens is 2. The molecule has 0 unspecified atom stereocenters. The molecule has 0 radical (unpaired) electrons. The van der Waals surface area contributed by atoms with Crippen molar-refractivity contribution in [3.63, 3.8) is 0 Å². The van der Waals surface area contributed by atoms with Gasteiger partial charge in [-0.2, -0.15) is 5.10 Å². The van der Waals surface area contributed by atoms with Gasteiger partial charge in [-0.25, -0.2) is 13.2 Å². The molecule has 0 aromatic carbocycles. The van der Waals surface area contributed by atoms with E-state index >= 15 is 0 Å². The molecule has 0 saturated carbocycles. The Kier molecular flexibility index (Phi) is 4.85. The van der Waals surface area contributed by atoms with Crippen LogP contribution in [0, 0.1) is 0 Å². The molecule has 0 atom stereocenters. The lowest BCUT2D eigenvalue weighted by atomic mass is 10.2. The Hall–Kier alpha value is -1.41. The highest BCUT2D eigenvalue weighted by atomic mass is 32.2. The molecule has 1 aromatic rings. The molecule has 1 rings (SSSR count). The van der Waals surface area contributed by atoms with Crippen molar-refractivity contribution in [2.24, 2.45) is 7.05 Å². The first-order valence-electron chi connectivity index (χ1n) is 5.52. The summed E-state index contributed by atoms with van der Waals surface area (Å²) in [6.45, 7) is 2.16. The molecular weight excluding hydrogens is 258 g/mol. The van der Waals surface area contributed by atoms with E-state index in [4.69, 9.17) is 5.11 Å². The van der Waals surface area contributed by atoms with Crippen LogP contribution in [0.3, 0.4) is 0 Å². The molecule has 0 aliphatic rings. The Morgan fingerprint density at radius 1 is 1.56 bits per heavy atom. The van der Waals surface area contributed by atoms with E-state index in [1.165, 1.54) is 10.9 Å². The SMILES string of the molecule is CCS(=O)(=O)CCNCc1c(C(=O)O)cnn1C. The monoisotopic (exact) mass is 275 g/mol. The fourth-order valence-corrected chi connectivity index (χ4v) is 2.17. The van der Waals surface area contributed by atoms with Crippen LogP contribution in [-0.4, -0.2) is 47.3 Å². The summed E-state index contributed by atoms with van der Waals surface area (Å²) in [5.74, 6) is -0.883. The number of aromatic carboxylic acids is 1. The van der Waals surface area contributed by atoms with Gasteiger partial charge in [-0.1, -0.05) is 6.92 Å². The summed E-state index contributed by atoms with van der Waals surface area (Å²) in [6, 6.07) is 0. The summed E-state index contributed by atoms with van der Waals surface area (Å²) in [6.07, 6.45) is 1.28. The molecule has 18 heavy (non-hydrogen) atoms. The zero-order chi connectivity index (χ0) is 13.8. The van der Waals surface area contributed by atoms with Crippen LogP contribution in [0.5, 0.6) is 0 Å². The van der Waals surface area contributed by atoms with E-state index in [1.54, 1.807) is 14.0 Å². The molecule has 0 amide bonds. The van der Waals surface area contributed by atoms with E-state index in [-0.39, 0.29) is 23.6 Å². The number of aryl methyl sites for hydroxylation is 1. The molecule has 1 heterocycles. The molecule has 0 fully saturated rings. The predicted octanol–water partition coefficient (Wildman–Crippen LogP) is -0.357. The largest absolute Gasteiger partial charge is 0.478 e. The zero-order valence-electron chi connectivity index (χ0n) is 10.4. The standard InChI is InChI=1S/C10H17N3O4S/c1-3-18(16,17)5-4-11-7-9-8(10(14)15)6-12-13(9)2/h6,11H,3-5,7H2,1-2H3,(H,14,15). The number of carboxylic acid groups (broad SMARTS) is 1. The summed E-state index contributed by atoms with van der Waals surface area (Å²) in [5, 5.41) is 15.7. The molecule has 0 aliphatic carbocycles. The quantitative estimate of drug-likeness (QED) is 0.659. The number of hydrogen-bond acceptors (Lipinski definition) is 5. The van der Waals surface area contributed by atoms with Crippen LogP contribution in [0.25, 0.3) is 0 Å². The van der Waals surface area contributed by atoms with Crippen LogP contribution < -0.4 is 5.32 Å². The van der Waals surface area contributed by atoms with Crippen LogP contribution in [-0.2, 0) is 23.4 Å². The topological polar surface area (TPSA) is 101 Å². The van der Waals surface area contributed by atoms with Crippen molar-refractivity contribution in [2.75, 3.05) is 18.1 Å². The van der Waals surface area contributed by atoms with E-state index in [1.807, 2.05) is 0 Å². The van der Waals surface area contributed by atoms with Crippen molar-refractivity contribution in [1.29, 1.82) is 0 Å². The highest BCUT2D eigenvalue weighted by molar-refractivity contribution is 7.91. The van der Waals surface area contributed by atoms with Gasteiger partial charge in [-0.3, -0.25) is 4.68 Å². The summed E-state index contributed by atoms with van der Waals surface area (Å²) >= 11 is 0. The lowest BCUT2D eigenvalue weighted by Crippen LogP contribution is -2.25. The first-order valence-corrected chi connectivity index (χ1v) is 7.35. The van der Waals surface area contributed by atoms with Crippen molar-refractivity contribution in [1.82, 2.24) is 15.1 Å². The van der Waals surface area contributed by atoms with Crippen LogP contribution in [0.2, 0.25) is 0 Å². The van der Waals surface area contributed by atoms with Crippen molar-refractivity contribution >= 4 is 15.8 Å². The second-order valence-corrected chi connectivity index (χ2v) is 6.32. The molecule has 8 heteroatoms. The summed E-state index contributed by atoms with van der Waals surface area (Å²) in [7, 11) is -1.35. The normalized spacial score (nSPS) is 11.7. The average Bonchev–Trinajstić information content (AvgIpc) is 2.66. The molecule has 0 bridgehead atoms. The van der Waals surface area contributed by atoms with E-state index < -0.39 is 15.8 Å². The number of carbonyl (C=O) groups is 1. The van der Waals surface area contributed by atoms with Gasteiger partial charge in [-0.05, 0) is 0 Å². The first kappa shape index (κ1) is 14.7. The first-order chi connectivity index (χ1) is 8.37. The van der Waals surface area contributed by atoms with E-state index in [2.05, 4.69) is 10.4 Å². The van der Waals surface area contributed by atoms with Gasteiger partial charge in [0, 0.05) is 25.9 Å². The number of hydrogen-bond donors (Lipinski definition) is 2. The van der Waals surface area contributed by atoms with Crippen molar-refractivity contribution in [2.45, 2.75) is 13.5 Å². The molecule has 1 aromatic heterocycles. The number of rotatable bonds is 7. The predicted molar refractivity (Wildman–Crippen MR) is 66.2 cm³/mol. The Bertz CT molecular complexity index is 521. The van der Waals surface area contributed by atoms with Gasteiger partial charge < -0.3 is 10.4 Å². The fraction of sp³-hybridized carbons (Fsp3) is 0.600. The molecular formula is C10H17N3O4S. The van der Waals surface area contributed by atoms with Crippen LogP contribution in [0.1, 0.15) is 23.0 Å². The minimum Gasteiger partial charge on any atom is -0.478 e. The number of carboxylic acids is 1. The van der Waals surface area contributed by atoms with Gasteiger partial charge in [0.25, 0.3) is 0 Å². The van der Waals surface area contributed by atoms with Crippen molar-refractivity contribution in [3.8, 4) is 0 Å². The van der Waals surface area contributed by atoms with E-state index in [0.717, 1.165) is 0 Å². The van der Waals surface area contributed by atoms with Crippen LogP contribution in [0.15, 0.2) is 6.20 Å². The van der Waals surface area contributed by atoms with Crippen LogP contribution >= 0.6 is 0 Å². The smallest absolute Gasteiger partial charge is 0.339 e. The van der Waals surface area contributed by atoms with Gasteiger partial charge in [0.2, 0.25) is 0 Å². The maximum absolute atomic E-state index is 11.3. The maximum Gasteiger partial charge on any atom is 0.339 e. The lowest BCUT2D eigenvalue weighted by Gasteiger charge is -2.06. The molecule has 2 N–H and O–H groups in total. The average molecular weight is 275 g/mol. The Morgan fingerprint density at radius 3 is 2.78 bits per heavy atom. The molecule has 0 aliphatic heterocycles. The lowest BCUT2D eigenvalue weighted by molar-refractivity contribution is 0.0695. The van der Waals surface area contributed by atoms with Gasteiger partial charge in [0.15, 0.2) is 9.84 Å². The number of sulfone groups is 1. The van der Waals surface area contributed by atoms with Crippen molar-refractivity contribution < 1.29 is 18.3 Å². The highest BCUT2D eigenvalue weighted by Gasteiger charge is 2.14. The Balaban J connectivity index is 2.54. The minimum absolute atomic E-state index is 0.0454. The summed E-state index contributed by atoms with van der Waals surface area (Å²) in [4.78, 5) is 10.9. The molecule has 102 valence electrons. The van der Waals surface area contributed by atoms with Gasteiger partial charge >= 0.3 is 5.97 Å². The second kappa shape index (κ2) is 5.96. The highest BCUT2D eigenvalue weighted by Crippen LogP contribution is 2.06. The van der Waals surface area contributed by atoms with Gasteiger partial charge in [0.05, 0.1) is 17.6 Å². The Morgan fingerprint density at radius 2 is 2.22 bits per heavy atom. The molecule has 0 spiro atoms. The van der Waals surface area contributed by atoms with Gasteiger partial charge in [0.1, 0.15) is 5.56 Å². The number of nitrogens with zero attached hydrogens (tertiary/aromatic N) is 2. The summed E-state index contributed by atoms with van der Waals surface area (Å²) in [5.41, 5.74) is 0.653. The third-order valence-electron chi connectivity index (χ3n) is 2.61. The fourth-order valence-electron chi connectivity index (χ4n) is 1.43. The third-order valence-corrected chi connectivity index (χ3v) is 4.32. The molecule has 7 nitrogen and oxygen atoms in total. The summed E-state index contributed by atoms with van der Waals surface area (Å²) < 4.78 is 24.0.